The highest BCUT2D eigenvalue weighted by molar-refractivity contribution is 9.08. The summed E-state index contributed by atoms with van der Waals surface area (Å²) in [7, 11) is 1.98. The Bertz CT molecular complexity index is 531. The first kappa shape index (κ1) is 14.0. The number of pyridine rings is 1. The lowest BCUT2D eigenvalue weighted by Gasteiger charge is -2.22. The number of likely N-dealkylation sites (N-methyl/N-ethyl adjacent to an activating group) is 1. The number of hydrogen-bond donors (Lipinski definition) is 0. The van der Waals surface area contributed by atoms with Gasteiger partial charge in [-0.05, 0) is 24.3 Å². The Morgan fingerprint density at radius 2 is 2.05 bits per heavy atom. The first-order valence-corrected chi connectivity index (χ1v) is 7.29. The van der Waals surface area contributed by atoms with Crippen LogP contribution in [0.25, 0.3) is 0 Å². The summed E-state index contributed by atoms with van der Waals surface area (Å²) in [4.78, 5) is 6.36. The minimum atomic E-state index is -0.168. The largest absolute Gasteiger partial charge is 0.374 e. The van der Waals surface area contributed by atoms with E-state index in [1.165, 1.54) is 6.07 Å². The minimum absolute atomic E-state index is 0.168. The van der Waals surface area contributed by atoms with Gasteiger partial charge < -0.3 is 4.90 Å². The smallest absolute Gasteiger partial charge is 0.129 e. The molecule has 0 amide bonds. The molecule has 0 N–H and O–H groups in total. The molecule has 2 rings (SSSR count). The van der Waals surface area contributed by atoms with Gasteiger partial charge in [0.25, 0.3) is 0 Å². The number of benzene rings is 1. The zero-order valence-corrected chi connectivity index (χ0v) is 12.4. The number of hydrogen-bond acceptors (Lipinski definition) is 2. The van der Waals surface area contributed by atoms with Crippen molar-refractivity contribution in [2.45, 2.75) is 11.8 Å². The van der Waals surface area contributed by atoms with Crippen molar-refractivity contribution in [3.63, 3.8) is 0 Å². The van der Waals surface area contributed by atoms with Gasteiger partial charge in [0.2, 0.25) is 0 Å². The molecule has 0 aliphatic rings. The van der Waals surface area contributed by atoms with E-state index in [9.17, 15) is 4.39 Å². The van der Waals surface area contributed by atoms with Crippen LogP contribution in [0, 0.1) is 5.82 Å². The predicted octanol–water partition coefficient (Wildman–Crippen LogP) is 3.79. The van der Waals surface area contributed by atoms with Crippen molar-refractivity contribution in [2.75, 3.05) is 18.5 Å². The molecule has 100 valence electrons. The zero-order valence-electron chi connectivity index (χ0n) is 10.8. The molecule has 4 heteroatoms. The third kappa shape index (κ3) is 3.53. The molecule has 0 bridgehead atoms. The average Bonchev–Trinajstić information content (AvgIpc) is 2.45. The lowest BCUT2D eigenvalue weighted by Crippen LogP contribution is -2.22. The summed E-state index contributed by atoms with van der Waals surface area (Å²) >= 11 is 3.34. The van der Waals surface area contributed by atoms with Crippen LogP contribution in [0.3, 0.4) is 0 Å². The molecule has 0 saturated heterocycles. The van der Waals surface area contributed by atoms with Crippen molar-refractivity contribution in [2.24, 2.45) is 0 Å². The van der Waals surface area contributed by atoms with E-state index in [-0.39, 0.29) is 5.82 Å². The van der Waals surface area contributed by atoms with E-state index in [0.29, 0.717) is 10.9 Å². The molecule has 0 fully saturated rings. The maximum atomic E-state index is 13.7. The predicted molar refractivity (Wildman–Crippen MR) is 80.2 cm³/mol. The minimum Gasteiger partial charge on any atom is -0.374 e. The summed E-state index contributed by atoms with van der Waals surface area (Å²) < 4.78 is 13.7. The van der Waals surface area contributed by atoms with E-state index < -0.39 is 0 Å². The molecule has 0 unspecified atom stereocenters. The molecule has 1 aromatic carbocycles. The molecule has 19 heavy (non-hydrogen) atoms. The Balaban J connectivity index is 2.08. The van der Waals surface area contributed by atoms with Crippen LogP contribution >= 0.6 is 15.9 Å². The van der Waals surface area contributed by atoms with Crippen molar-refractivity contribution in [3.05, 3.63) is 59.7 Å². The van der Waals surface area contributed by atoms with Gasteiger partial charge in [-0.25, -0.2) is 4.39 Å². The van der Waals surface area contributed by atoms with Crippen molar-refractivity contribution < 1.29 is 4.39 Å². The van der Waals surface area contributed by atoms with Gasteiger partial charge >= 0.3 is 0 Å². The number of alkyl halides is 1. The molecule has 0 aliphatic carbocycles. The van der Waals surface area contributed by atoms with Crippen LogP contribution in [0.4, 0.5) is 10.1 Å². The van der Waals surface area contributed by atoms with Crippen molar-refractivity contribution in [3.8, 4) is 0 Å². The summed E-state index contributed by atoms with van der Waals surface area (Å²) in [5.74, 6) is -0.168. The SMILES string of the molecule is CN(CCc1ccccn1)c1cccc(F)c1CBr. The molecule has 0 radical (unpaired) electrons. The normalized spacial score (nSPS) is 10.5. The van der Waals surface area contributed by atoms with Crippen molar-refractivity contribution in [1.29, 1.82) is 0 Å². The highest BCUT2D eigenvalue weighted by atomic mass is 79.9. The number of halogens is 2. The van der Waals surface area contributed by atoms with Gasteiger partial charge in [0.05, 0.1) is 0 Å². The monoisotopic (exact) mass is 322 g/mol. The van der Waals surface area contributed by atoms with Crippen molar-refractivity contribution in [1.82, 2.24) is 4.98 Å². The number of rotatable bonds is 5. The van der Waals surface area contributed by atoms with Crippen LogP contribution < -0.4 is 4.90 Å². The molecule has 0 aliphatic heterocycles. The molecule has 0 spiro atoms. The summed E-state index contributed by atoms with van der Waals surface area (Å²) in [6.07, 6.45) is 2.64. The van der Waals surface area contributed by atoms with Gasteiger partial charge in [-0.3, -0.25) is 4.98 Å². The Morgan fingerprint density at radius 3 is 2.74 bits per heavy atom. The third-order valence-corrected chi connectivity index (χ3v) is 3.63. The highest BCUT2D eigenvalue weighted by Crippen LogP contribution is 2.24. The standard InChI is InChI=1S/C15H16BrFN2/c1-19(10-8-12-5-2-3-9-18-12)15-7-4-6-14(17)13(15)11-16/h2-7,9H,8,10-11H2,1H3. The summed E-state index contributed by atoms with van der Waals surface area (Å²) in [5.41, 5.74) is 2.67. The quantitative estimate of drug-likeness (QED) is 0.778. The lowest BCUT2D eigenvalue weighted by atomic mass is 10.1. The van der Waals surface area contributed by atoms with Gasteiger partial charge in [0, 0.05) is 48.5 Å². The van der Waals surface area contributed by atoms with E-state index in [1.807, 2.05) is 31.3 Å². The summed E-state index contributed by atoms with van der Waals surface area (Å²) in [6, 6.07) is 11.1. The number of nitrogens with zero attached hydrogens (tertiary/aromatic N) is 2. The molecule has 2 nitrogen and oxygen atoms in total. The molecule has 0 saturated carbocycles. The van der Waals surface area contributed by atoms with Crippen LogP contribution in [-0.2, 0) is 11.8 Å². The van der Waals surface area contributed by atoms with Crippen LogP contribution in [0.2, 0.25) is 0 Å². The van der Waals surface area contributed by atoms with Crippen LogP contribution in [0.15, 0.2) is 42.6 Å². The van der Waals surface area contributed by atoms with Gasteiger partial charge in [0.15, 0.2) is 0 Å². The topological polar surface area (TPSA) is 16.1 Å². The second-order valence-electron chi connectivity index (χ2n) is 4.36. The van der Waals surface area contributed by atoms with Crippen LogP contribution in [0.5, 0.6) is 0 Å². The third-order valence-electron chi connectivity index (χ3n) is 3.07. The fraction of sp³-hybridized carbons (Fsp3) is 0.267. The molecule has 1 heterocycles. The molecular weight excluding hydrogens is 307 g/mol. The Morgan fingerprint density at radius 1 is 1.21 bits per heavy atom. The van der Waals surface area contributed by atoms with E-state index in [4.69, 9.17) is 0 Å². The van der Waals surface area contributed by atoms with E-state index in [1.54, 1.807) is 12.3 Å². The summed E-state index contributed by atoms with van der Waals surface area (Å²) in [6.45, 7) is 0.806. The zero-order chi connectivity index (χ0) is 13.7. The van der Waals surface area contributed by atoms with E-state index >= 15 is 0 Å². The Kier molecular flexibility index (Phi) is 4.91. The molecular formula is C15H16BrFN2. The van der Waals surface area contributed by atoms with Crippen LogP contribution in [-0.4, -0.2) is 18.6 Å². The molecule has 2 aromatic rings. The maximum Gasteiger partial charge on any atom is 0.129 e. The highest BCUT2D eigenvalue weighted by Gasteiger charge is 2.10. The second-order valence-corrected chi connectivity index (χ2v) is 4.92. The molecule has 1 aromatic heterocycles. The van der Waals surface area contributed by atoms with Crippen molar-refractivity contribution >= 4 is 21.6 Å². The fourth-order valence-electron chi connectivity index (χ4n) is 1.99. The first-order valence-electron chi connectivity index (χ1n) is 6.16. The maximum absolute atomic E-state index is 13.7. The summed E-state index contributed by atoms with van der Waals surface area (Å²) in [5, 5.41) is 0.517. The lowest BCUT2D eigenvalue weighted by molar-refractivity contribution is 0.616. The number of aromatic nitrogens is 1. The fourth-order valence-corrected chi connectivity index (χ4v) is 2.54. The van der Waals surface area contributed by atoms with E-state index in [0.717, 1.165) is 24.3 Å². The van der Waals surface area contributed by atoms with Gasteiger partial charge in [-0.2, -0.15) is 0 Å². The van der Waals surface area contributed by atoms with Gasteiger partial charge in [-0.1, -0.05) is 28.1 Å². The second kappa shape index (κ2) is 6.66. The number of anilines is 1. The average molecular weight is 323 g/mol. The van der Waals surface area contributed by atoms with Gasteiger partial charge in [0.1, 0.15) is 5.82 Å². The molecule has 0 atom stereocenters. The van der Waals surface area contributed by atoms with E-state index in [2.05, 4.69) is 25.8 Å². The van der Waals surface area contributed by atoms with Crippen LogP contribution in [0.1, 0.15) is 11.3 Å². The first-order chi connectivity index (χ1) is 9.22. The Hall–Kier alpha value is -1.42. The Labute approximate surface area is 121 Å². The van der Waals surface area contributed by atoms with Gasteiger partial charge in [-0.15, -0.1) is 0 Å².